The molecule has 1 aromatic carbocycles. The van der Waals surface area contributed by atoms with Crippen LogP contribution in [-0.4, -0.2) is 29.8 Å². The zero-order valence-electron chi connectivity index (χ0n) is 12.0. The summed E-state index contributed by atoms with van der Waals surface area (Å²) in [6.45, 7) is 4.13. The molecule has 2 rings (SSSR count). The number of carbonyl (C=O) groups is 1. The van der Waals surface area contributed by atoms with E-state index in [9.17, 15) is 9.18 Å². The molecule has 1 aromatic rings. The maximum atomic E-state index is 12.9. The highest BCUT2D eigenvalue weighted by molar-refractivity contribution is 6.00. The highest BCUT2D eigenvalue weighted by Crippen LogP contribution is 2.19. The third-order valence-electron chi connectivity index (χ3n) is 3.82. The molecule has 1 unspecified atom stereocenters. The van der Waals surface area contributed by atoms with Crippen LogP contribution >= 0.6 is 12.4 Å². The molecule has 0 N–H and O–H groups in total. The Morgan fingerprint density at radius 3 is 2.35 bits per heavy atom. The van der Waals surface area contributed by atoms with Crippen LogP contribution in [0.1, 0.15) is 49.4 Å². The number of nitrogens with zero attached hydrogens (tertiary/aromatic N) is 1. The fourth-order valence-electron chi connectivity index (χ4n) is 2.79. The van der Waals surface area contributed by atoms with Gasteiger partial charge in [-0.1, -0.05) is 19.8 Å². The van der Waals surface area contributed by atoms with E-state index in [0.717, 1.165) is 25.9 Å². The molecule has 0 aromatic heterocycles. The average molecular weight is 300 g/mol. The van der Waals surface area contributed by atoms with Crippen LogP contribution in [-0.2, 0) is 0 Å². The molecule has 0 amide bonds. The number of carbonyl (C=O) groups excluding carboxylic acids is 1. The van der Waals surface area contributed by atoms with Crippen LogP contribution in [0.15, 0.2) is 24.3 Å². The lowest BCUT2D eigenvalue weighted by molar-refractivity contribution is 0.0767. The second-order valence-corrected chi connectivity index (χ2v) is 5.27. The monoisotopic (exact) mass is 299 g/mol. The molecule has 112 valence electrons. The van der Waals surface area contributed by atoms with Crippen LogP contribution in [0, 0.1) is 5.82 Å². The average Bonchev–Trinajstić information content (AvgIpc) is 2.46. The van der Waals surface area contributed by atoms with E-state index >= 15 is 0 Å². The van der Waals surface area contributed by atoms with Gasteiger partial charge in [-0.05, 0) is 56.6 Å². The molecule has 1 fully saturated rings. The summed E-state index contributed by atoms with van der Waals surface area (Å²) in [4.78, 5) is 14.9. The van der Waals surface area contributed by atoms with Gasteiger partial charge in [0.15, 0.2) is 5.78 Å². The van der Waals surface area contributed by atoms with E-state index in [1.807, 2.05) is 0 Å². The molecule has 0 spiro atoms. The summed E-state index contributed by atoms with van der Waals surface area (Å²) in [5.41, 5.74) is 0.630. The Kier molecular flexibility index (Phi) is 7.17. The van der Waals surface area contributed by atoms with E-state index in [0.29, 0.717) is 5.56 Å². The van der Waals surface area contributed by atoms with Crippen molar-refractivity contribution in [2.24, 2.45) is 0 Å². The molecule has 1 aliphatic heterocycles. The summed E-state index contributed by atoms with van der Waals surface area (Å²) < 4.78 is 12.9. The molecule has 0 saturated carbocycles. The van der Waals surface area contributed by atoms with Crippen LogP contribution in [0.25, 0.3) is 0 Å². The third-order valence-corrected chi connectivity index (χ3v) is 3.82. The molecule has 1 saturated heterocycles. The topological polar surface area (TPSA) is 20.3 Å². The summed E-state index contributed by atoms with van der Waals surface area (Å²) in [6, 6.07) is 5.91. The number of hydrogen-bond donors (Lipinski definition) is 0. The molecule has 0 aliphatic carbocycles. The van der Waals surface area contributed by atoms with E-state index in [1.165, 1.54) is 31.4 Å². The fraction of sp³-hybridized carbons (Fsp3) is 0.562. The van der Waals surface area contributed by atoms with Crippen molar-refractivity contribution in [3.05, 3.63) is 35.6 Å². The Bertz CT molecular complexity index is 415. The van der Waals surface area contributed by atoms with Gasteiger partial charge in [0.2, 0.25) is 0 Å². The third kappa shape index (κ3) is 4.29. The molecule has 4 heteroatoms. The number of hydrogen-bond acceptors (Lipinski definition) is 2. The van der Waals surface area contributed by atoms with Crippen LogP contribution in [0.4, 0.5) is 4.39 Å². The lowest BCUT2D eigenvalue weighted by Gasteiger charge is -2.33. The lowest BCUT2D eigenvalue weighted by Crippen LogP contribution is -2.44. The Morgan fingerprint density at radius 1 is 1.20 bits per heavy atom. The van der Waals surface area contributed by atoms with Crippen LogP contribution in [0.3, 0.4) is 0 Å². The molecule has 1 aliphatic rings. The van der Waals surface area contributed by atoms with Crippen molar-refractivity contribution in [1.29, 1.82) is 0 Å². The van der Waals surface area contributed by atoms with E-state index in [-0.39, 0.29) is 30.0 Å². The highest BCUT2D eigenvalue weighted by atomic mass is 35.5. The maximum absolute atomic E-state index is 12.9. The summed E-state index contributed by atoms with van der Waals surface area (Å²) >= 11 is 0. The second-order valence-electron chi connectivity index (χ2n) is 5.27. The minimum atomic E-state index is -0.290. The number of Topliss-reactive ketones (excluding diaryl/α,β-unsaturated/α-hetero) is 1. The van der Waals surface area contributed by atoms with Crippen molar-refractivity contribution in [2.45, 2.75) is 45.1 Å². The van der Waals surface area contributed by atoms with Crippen LogP contribution in [0.5, 0.6) is 0 Å². The fourth-order valence-corrected chi connectivity index (χ4v) is 2.79. The standard InChI is InChI=1S/C16H22FNO.ClH/c1-2-6-15(18-11-4-3-5-12-18)16(19)13-7-9-14(17)10-8-13;/h7-10,15H,2-6,11-12H2,1H3;1H. The number of halogens is 2. The molecule has 2 nitrogen and oxygen atoms in total. The lowest BCUT2D eigenvalue weighted by atomic mass is 9.97. The van der Waals surface area contributed by atoms with Crippen molar-refractivity contribution in [3.8, 4) is 0 Å². The zero-order valence-corrected chi connectivity index (χ0v) is 12.8. The number of benzene rings is 1. The summed E-state index contributed by atoms with van der Waals surface area (Å²) in [5.74, 6) is -0.148. The molecule has 1 heterocycles. The molecular weight excluding hydrogens is 277 g/mol. The van der Waals surface area contributed by atoms with Gasteiger partial charge >= 0.3 is 0 Å². The van der Waals surface area contributed by atoms with Gasteiger partial charge in [-0.3, -0.25) is 9.69 Å². The quantitative estimate of drug-likeness (QED) is 0.763. The Hall–Kier alpha value is -0.930. The van der Waals surface area contributed by atoms with Gasteiger partial charge in [-0.15, -0.1) is 12.4 Å². The van der Waals surface area contributed by atoms with Crippen molar-refractivity contribution >= 4 is 18.2 Å². The first kappa shape index (κ1) is 17.1. The van der Waals surface area contributed by atoms with E-state index in [1.54, 1.807) is 12.1 Å². The predicted octanol–water partition coefficient (Wildman–Crippen LogP) is 4.08. The normalized spacial score (nSPS) is 17.3. The second kappa shape index (κ2) is 8.38. The molecule has 0 bridgehead atoms. The Labute approximate surface area is 126 Å². The molecule has 0 radical (unpaired) electrons. The van der Waals surface area contributed by atoms with Crippen LogP contribution < -0.4 is 0 Å². The summed E-state index contributed by atoms with van der Waals surface area (Å²) in [7, 11) is 0. The summed E-state index contributed by atoms with van der Waals surface area (Å²) in [6.07, 6.45) is 5.50. The maximum Gasteiger partial charge on any atom is 0.179 e. The van der Waals surface area contributed by atoms with Gasteiger partial charge in [-0.2, -0.15) is 0 Å². The van der Waals surface area contributed by atoms with Crippen molar-refractivity contribution < 1.29 is 9.18 Å². The number of likely N-dealkylation sites (tertiary alicyclic amines) is 1. The van der Waals surface area contributed by atoms with Gasteiger partial charge in [0, 0.05) is 5.56 Å². The first-order chi connectivity index (χ1) is 9.22. The molecular formula is C16H23ClFNO. The van der Waals surface area contributed by atoms with Crippen LogP contribution in [0.2, 0.25) is 0 Å². The van der Waals surface area contributed by atoms with Gasteiger partial charge in [0.05, 0.1) is 6.04 Å². The molecule has 1 atom stereocenters. The molecule has 20 heavy (non-hydrogen) atoms. The van der Waals surface area contributed by atoms with Crippen molar-refractivity contribution in [3.63, 3.8) is 0 Å². The SMILES string of the molecule is CCCC(C(=O)c1ccc(F)cc1)N1CCCCC1.Cl. The minimum absolute atomic E-state index is 0. The minimum Gasteiger partial charge on any atom is -0.293 e. The first-order valence-corrected chi connectivity index (χ1v) is 7.26. The van der Waals surface area contributed by atoms with Crippen molar-refractivity contribution in [1.82, 2.24) is 4.90 Å². The first-order valence-electron chi connectivity index (χ1n) is 7.26. The smallest absolute Gasteiger partial charge is 0.179 e. The van der Waals surface area contributed by atoms with Crippen molar-refractivity contribution in [2.75, 3.05) is 13.1 Å². The van der Waals surface area contributed by atoms with Gasteiger partial charge in [0.25, 0.3) is 0 Å². The van der Waals surface area contributed by atoms with Gasteiger partial charge in [-0.25, -0.2) is 4.39 Å². The Balaban J connectivity index is 0.00000200. The highest BCUT2D eigenvalue weighted by Gasteiger charge is 2.26. The Morgan fingerprint density at radius 2 is 1.80 bits per heavy atom. The predicted molar refractivity (Wildman–Crippen MR) is 82.1 cm³/mol. The largest absolute Gasteiger partial charge is 0.293 e. The number of ketones is 1. The van der Waals surface area contributed by atoms with E-state index in [2.05, 4.69) is 11.8 Å². The van der Waals surface area contributed by atoms with Gasteiger partial charge in [0.1, 0.15) is 5.82 Å². The van der Waals surface area contributed by atoms with Gasteiger partial charge < -0.3 is 0 Å². The number of piperidine rings is 1. The van der Waals surface area contributed by atoms with E-state index < -0.39 is 0 Å². The van der Waals surface area contributed by atoms with E-state index in [4.69, 9.17) is 0 Å². The number of rotatable bonds is 5. The zero-order chi connectivity index (χ0) is 13.7. The summed E-state index contributed by atoms with van der Waals surface area (Å²) in [5, 5.41) is 0.